The van der Waals surface area contributed by atoms with Gasteiger partial charge in [0.05, 0.1) is 0 Å². The Labute approximate surface area is 134 Å². The molecule has 12 nitrogen and oxygen atoms in total. The largest absolute Gasteiger partial charge is 4.00 e. The van der Waals surface area contributed by atoms with Crippen LogP contribution >= 0.6 is 0 Å². The fourth-order valence-corrected chi connectivity index (χ4v) is 0. The number of aldehydes is 4. The molecule has 13 heteroatoms. The maximum Gasteiger partial charge on any atom is 4.00 e. The second-order valence-corrected chi connectivity index (χ2v) is 1.75. The van der Waals surface area contributed by atoms with Gasteiger partial charge in [-0.25, -0.2) is 0 Å². The average molecular weight is 383 g/mol. The minimum Gasteiger partial charge on any atom is -0.542 e. The van der Waals surface area contributed by atoms with Crippen LogP contribution in [0.2, 0.25) is 0 Å². The summed E-state index contributed by atoms with van der Waals surface area (Å²) in [6.45, 7) is 0. The van der Waals surface area contributed by atoms with E-state index in [1.807, 2.05) is 0 Å². The summed E-state index contributed by atoms with van der Waals surface area (Å²) < 4.78 is 0. The van der Waals surface area contributed by atoms with E-state index in [1.165, 1.54) is 0 Å². The molecule has 0 rings (SSSR count). The summed E-state index contributed by atoms with van der Waals surface area (Å²) in [5.74, 6) is -6.70. The van der Waals surface area contributed by atoms with E-state index >= 15 is 0 Å². The molecule has 0 spiro atoms. The number of hydrogen-bond acceptors (Lipinski definition) is 12. The summed E-state index contributed by atoms with van der Waals surface area (Å²) in [4.78, 5) is 70.9. The molecule has 0 amide bonds. The van der Waals surface area contributed by atoms with Crippen molar-refractivity contribution in [1.29, 1.82) is 0 Å². The smallest absolute Gasteiger partial charge is 0.542 e. The first-order valence-corrected chi connectivity index (χ1v) is 3.73. The summed E-state index contributed by atoms with van der Waals surface area (Å²) in [5, 5.41) is 35.6. The molecule has 112 valence electrons. The first-order chi connectivity index (χ1) is 9.08. The number of aliphatic carboxylic acids is 4. The Morgan fingerprint density at radius 3 is 0.524 bits per heavy atom. The van der Waals surface area contributed by atoms with Crippen LogP contribution in [-0.2, 0) is 64.6 Å². The molecule has 0 saturated heterocycles. The Morgan fingerprint density at radius 2 is 0.524 bits per heavy atom. The van der Waals surface area contributed by atoms with E-state index in [4.69, 9.17) is 58.8 Å². The topological polar surface area (TPSA) is 229 Å². The van der Waals surface area contributed by atoms with E-state index in [0.29, 0.717) is 0 Å². The van der Waals surface area contributed by atoms with Crippen LogP contribution in [0.3, 0.4) is 0 Å². The molecular weight excluding hydrogens is 379 g/mol. The quantitative estimate of drug-likeness (QED) is 0.325. The van der Waals surface area contributed by atoms with E-state index < -0.39 is 23.9 Å². The number of carboxylic acid groups (broad SMARTS) is 4. The Kier molecular flexibility index (Phi) is 38.6. The van der Waals surface area contributed by atoms with E-state index in [9.17, 15) is 0 Å². The first-order valence-electron chi connectivity index (χ1n) is 3.73. The molecular formula is C8H4O12Zr. The van der Waals surface area contributed by atoms with Gasteiger partial charge in [0, 0.05) is 0 Å². The summed E-state index contributed by atoms with van der Waals surface area (Å²) >= 11 is 0. The zero-order chi connectivity index (χ0) is 17.1. The number of carboxylic acids is 4. The SMILES string of the molecule is O=CC(=O)[O-].O=CC(=O)[O-].O=CC(=O)[O-].O=CC(=O)[O-].[Zr+4]. The Hall–Kier alpha value is -2.56. The molecule has 0 unspecified atom stereocenters. The average Bonchev–Trinajstić information content (AvgIpc) is 2.40. The standard InChI is InChI=1S/4C2H2O3.Zr/c4*3-1-2(4)5;/h4*1H,(H,4,5);/q;;;;+4/p-4. The second-order valence-electron chi connectivity index (χ2n) is 1.75. The summed E-state index contributed by atoms with van der Waals surface area (Å²) in [7, 11) is 0. The van der Waals surface area contributed by atoms with E-state index in [2.05, 4.69) is 0 Å². The van der Waals surface area contributed by atoms with Crippen LogP contribution < -0.4 is 20.4 Å². The second kappa shape index (κ2) is 26.1. The molecule has 21 heavy (non-hydrogen) atoms. The number of hydrogen-bond donors (Lipinski definition) is 0. The minimum atomic E-state index is -1.68. The summed E-state index contributed by atoms with van der Waals surface area (Å²) in [5.41, 5.74) is 0. The molecule has 0 atom stereocenters. The van der Waals surface area contributed by atoms with Crippen molar-refractivity contribution >= 4 is 49.0 Å². The summed E-state index contributed by atoms with van der Waals surface area (Å²) in [6.07, 6.45) is -1.11. The maximum atomic E-state index is 8.89. The Balaban J connectivity index is -0.0000000533. The normalized spacial score (nSPS) is 6.10. The van der Waals surface area contributed by atoms with Crippen LogP contribution in [0.5, 0.6) is 0 Å². The van der Waals surface area contributed by atoms with Crippen molar-refractivity contribution in [2.45, 2.75) is 0 Å². The van der Waals surface area contributed by atoms with Gasteiger partial charge in [0.1, 0.15) is 23.9 Å². The van der Waals surface area contributed by atoms with Gasteiger partial charge < -0.3 is 39.6 Å². The number of carbonyl (C=O) groups is 8. The van der Waals surface area contributed by atoms with Gasteiger partial charge in [-0.15, -0.1) is 0 Å². The predicted molar refractivity (Wildman–Crippen MR) is 44.3 cm³/mol. The molecule has 0 N–H and O–H groups in total. The fourth-order valence-electron chi connectivity index (χ4n) is 0. The van der Waals surface area contributed by atoms with Gasteiger partial charge in [-0.1, -0.05) is 0 Å². The van der Waals surface area contributed by atoms with Crippen LogP contribution in [-0.4, -0.2) is 49.0 Å². The van der Waals surface area contributed by atoms with Crippen molar-refractivity contribution in [2.24, 2.45) is 0 Å². The molecule has 0 aliphatic carbocycles. The third-order valence-electron chi connectivity index (χ3n) is 0.385. The molecule has 0 fully saturated rings. The van der Waals surface area contributed by atoms with Crippen LogP contribution in [0.4, 0.5) is 0 Å². The molecule has 0 heterocycles. The van der Waals surface area contributed by atoms with Crippen molar-refractivity contribution < 1.29 is 85.0 Å². The van der Waals surface area contributed by atoms with Gasteiger partial charge >= 0.3 is 26.2 Å². The van der Waals surface area contributed by atoms with Gasteiger partial charge in [-0.05, 0) is 0 Å². The molecule has 0 aromatic carbocycles. The third kappa shape index (κ3) is 140. The van der Waals surface area contributed by atoms with Gasteiger partial charge in [-0.2, -0.15) is 0 Å². The Bertz CT molecular complexity index is 301. The predicted octanol–water partition coefficient (Wildman–Crippen LogP) is -8.26. The van der Waals surface area contributed by atoms with Crippen LogP contribution in [0, 0.1) is 0 Å². The third-order valence-corrected chi connectivity index (χ3v) is 0.385. The van der Waals surface area contributed by atoms with Gasteiger partial charge in [0.15, 0.2) is 25.1 Å². The van der Waals surface area contributed by atoms with Crippen molar-refractivity contribution in [3.8, 4) is 0 Å². The van der Waals surface area contributed by atoms with Crippen LogP contribution in [0.1, 0.15) is 0 Å². The van der Waals surface area contributed by atoms with Crippen molar-refractivity contribution in [1.82, 2.24) is 0 Å². The van der Waals surface area contributed by atoms with Gasteiger partial charge in [0.2, 0.25) is 0 Å². The molecule has 0 saturated carbocycles. The first kappa shape index (κ1) is 31.1. The summed E-state index contributed by atoms with van der Waals surface area (Å²) in [6, 6.07) is 0. The van der Waals surface area contributed by atoms with Gasteiger partial charge in [-0.3, -0.25) is 19.2 Å². The van der Waals surface area contributed by atoms with Crippen molar-refractivity contribution in [3.63, 3.8) is 0 Å². The van der Waals surface area contributed by atoms with Crippen molar-refractivity contribution in [2.75, 3.05) is 0 Å². The molecule has 0 aromatic heterocycles. The molecule has 0 bridgehead atoms. The van der Waals surface area contributed by atoms with Crippen molar-refractivity contribution in [3.05, 3.63) is 0 Å². The minimum absolute atomic E-state index is 0. The maximum absolute atomic E-state index is 8.89. The monoisotopic (exact) mass is 382 g/mol. The number of carbonyl (C=O) groups excluding carboxylic acids is 8. The molecule has 0 aromatic rings. The Morgan fingerprint density at radius 1 is 0.476 bits per heavy atom. The number of rotatable bonds is 4. The van der Waals surface area contributed by atoms with Crippen LogP contribution in [0.15, 0.2) is 0 Å². The molecule has 0 radical (unpaired) electrons. The molecule has 0 aliphatic heterocycles. The van der Waals surface area contributed by atoms with E-state index in [0.717, 1.165) is 0 Å². The van der Waals surface area contributed by atoms with E-state index in [1.54, 1.807) is 0 Å². The van der Waals surface area contributed by atoms with Gasteiger partial charge in [0.25, 0.3) is 0 Å². The van der Waals surface area contributed by atoms with E-state index in [-0.39, 0.29) is 51.3 Å². The van der Waals surface area contributed by atoms with Crippen LogP contribution in [0.25, 0.3) is 0 Å². The molecule has 0 aliphatic rings. The zero-order valence-corrected chi connectivity index (χ0v) is 12.2. The fraction of sp³-hybridized carbons (Fsp3) is 0. The zero-order valence-electron chi connectivity index (χ0n) is 9.71.